The van der Waals surface area contributed by atoms with Crippen LogP contribution in [0, 0.1) is 5.92 Å². The fourth-order valence-electron chi connectivity index (χ4n) is 1.24. The second-order valence-corrected chi connectivity index (χ2v) is 3.87. The molecule has 1 rings (SSSR count). The van der Waals surface area contributed by atoms with Gasteiger partial charge >= 0.3 is 5.97 Å². The van der Waals surface area contributed by atoms with Crippen molar-refractivity contribution in [1.29, 1.82) is 0 Å². The molecule has 1 aliphatic heterocycles. The van der Waals surface area contributed by atoms with Crippen LogP contribution in [-0.4, -0.2) is 47.6 Å². The molecule has 1 heterocycles. The van der Waals surface area contributed by atoms with Crippen molar-refractivity contribution in [1.82, 2.24) is 10.2 Å². The Labute approximate surface area is 83.1 Å². The van der Waals surface area contributed by atoms with Crippen LogP contribution < -0.4 is 5.32 Å². The van der Waals surface area contributed by atoms with Gasteiger partial charge in [-0.3, -0.25) is 9.59 Å². The van der Waals surface area contributed by atoms with Crippen LogP contribution in [0.5, 0.6) is 0 Å². The van der Waals surface area contributed by atoms with Crippen LogP contribution in [0.15, 0.2) is 0 Å². The fraction of sp³-hybridized carbons (Fsp3) is 0.778. The first-order valence-electron chi connectivity index (χ1n) is 4.74. The Morgan fingerprint density at radius 2 is 2.07 bits per heavy atom. The molecule has 0 aromatic carbocycles. The number of amides is 1. The molecular formula is C9H16N2O3. The maximum atomic E-state index is 11.4. The van der Waals surface area contributed by atoms with Gasteiger partial charge in [0.05, 0.1) is 12.5 Å². The quantitative estimate of drug-likeness (QED) is 0.643. The highest BCUT2D eigenvalue weighted by molar-refractivity contribution is 5.82. The van der Waals surface area contributed by atoms with Crippen LogP contribution in [0.25, 0.3) is 0 Å². The third-order valence-electron chi connectivity index (χ3n) is 2.25. The summed E-state index contributed by atoms with van der Waals surface area (Å²) in [4.78, 5) is 23.4. The van der Waals surface area contributed by atoms with E-state index in [4.69, 9.17) is 5.11 Å². The SMILES string of the molecule is CC(C)NCC(=O)N1CC(C(=O)O)C1. The molecule has 0 radical (unpaired) electrons. The van der Waals surface area contributed by atoms with E-state index < -0.39 is 5.97 Å². The molecule has 5 nitrogen and oxygen atoms in total. The van der Waals surface area contributed by atoms with Gasteiger partial charge in [0.2, 0.25) is 5.91 Å². The van der Waals surface area contributed by atoms with Gasteiger partial charge in [-0.1, -0.05) is 13.8 Å². The van der Waals surface area contributed by atoms with Crippen molar-refractivity contribution in [2.24, 2.45) is 5.92 Å². The van der Waals surface area contributed by atoms with Gasteiger partial charge in [0.1, 0.15) is 0 Å². The van der Waals surface area contributed by atoms with Gasteiger partial charge in [0.25, 0.3) is 0 Å². The second-order valence-electron chi connectivity index (χ2n) is 3.87. The summed E-state index contributed by atoms with van der Waals surface area (Å²) in [5, 5.41) is 11.6. The molecule has 0 atom stereocenters. The fourth-order valence-corrected chi connectivity index (χ4v) is 1.24. The van der Waals surface area contributed by atoms with E-state index in [2.05, 4.69) is 5.32 Å². The Morgan fingerprint density at radius 1 is 1.50 bits per heavy atom. The van der Waals surface area contributed by atoms with Crippen LogP contribution in [0.2, 0.25) is 0 Å². The lowest BCUT2D eigenvalue weighted by Gasteiger charge is -2.36. The van der Waals surface area contributed by atoms with Crippen LogP contribution in [0.3, 0.4) is 0 Å². The van der Waals surface area contributed by atoms with E-state index in [0.717, 1.165) is 0 Å². The van der Waals surface area contributed by atoms with E-state index in [0.29, 0.717) is 19.6 Å². The molecule has 0 spiro atoms. The summed E-state index contributed by atoms with van der Waals surface area (Å²) < 4.78 is 0. The summed E-state index contributed by atoms with van der Waals surface area (Å²) in [7, 11) is 0. The molecule has 1 amide bonds. The summed E-state index contributed by atoms with van der Waals surface area (Å²) in [5.41, 5.74) is 0. The third-order valence-corrected chi connectivity index (χ3v) is 2.25. The van der Waals surface area contributed by atoms with E-state index in [-0.39, 0.29) is 17.9 Å². The predicted octanol–water partition coefficient (Wildman–Crippen LogP) is -0.473. The molecule has 5 heteroatoms. The van der Waals surface area contributed by atoms with Gasteiger partial charge in [0, 0.05) is 19.1 Å². The molecule has 0 aliphatic carbocycles. The number of nitrogens with one attached hydrogen (secondary N) is 1. The van der Waals surface area contributed by atoms with Crippen molar-refractivity contribution in [3.8, 4) is 0 Å². The monoisotopic (exact) mass is 200 g/mol. The van der Waals surface area contributed by atoms with E-state index in [9.17, 15) is 9.59 Å². The molecule has 1 fully saturated rings. The molecule has 0 bridgehead atoms. The first kappa shape index (κ1) is 11.0. The Hall–Kier alpha value is -1.10. The van der Waals surface area contributed by atoms with Crippen molar-refractivity contribution in [2.45, 2.75) is 19.9 Å². The molecule has 14 heavy (non-hydrogen) atoms. The Kier molecular flexibility index (Phi) is 3.46. The minimum Gasteiger partial charge on any atom is -0.481 e. The van der Waals surface area contributed by atoms with Crippen molar-refractivity contribution in [3.05, 3.63) is 0 Å². The van der Waals surface area contributed by atoms with Crippen LogP contribution >= 0.6 is 0 Å². The van der Waals surface area contributed by atoms with E-state index in [1.54, 1.807) is 4.90 Å². The lowest BCUT2D eigenvalue weighted by molar-refractivity contribution is -0.152. The molecule has 1 saturated heterocycles. The zero-order chi connectivity index (χ0) is 10.7. The van der Waals surface area contributed by atoms with Crippen molar-refractivity contribution >= 4 is 11.9 Å². The van der Waals surface area contributed by atoms with Gasteiger partial charge in [0.15, 0.2) is 0 Å². The van der Waals surface area contributed by atoms with Gasteiger partial charge in [-0.25, -0.2) is 0 Å². The average Bonchev–Trinajstić information content (AvgIpc) is 1.97. The molecule has 0 unspecified atom stereocenters. The highest BCUT2D eigenvalue weighted by Crippen LogP contribution is 2.14. The number of rotatable bonds is 4. The van der Waals surface area contributed by atoms with E-state index in [1.165, 1.54) is 0 Å². The number of carbonyl (C=O) groups excluding carboxylic acids is 1. The largest absolute Gasteiger partial charge is 0.481 e. The zero-order valence-corrected chi connectivity index (χ0v) is 8.49. The summed E-state index contributed by atoms with van der Waals surface area (Å²) in [6.45, 7) is 4.93. The minimum atomic E-state index is -0.814. The number of nitrogens with zero attached hydrogens (tertiary/aromatic N) is 1. The first-order valence-corrected chi connectivity index (χ1v) is 4.74. The highest BCUT2D eigenvalue weighted by Gasteiger charge is 2.35. The number of aliphatic carboxylic acids is 1. The summed E-state index contributed by atoms with van der Waals surface area (Å²) in [5.74, 6) is -1.19. The number of hydrogen-bond acceptors (Lipinski definition) is 3. The molecule has 1 aliphatic rings. The van der Waals surface area contributed by atoms with E-state index >= 15 is 0 Å². The predicted molar refractivity (Wildman–Crippen MR) is 50.8 cm³/mol. The van der Waals surface area contributed by atoms with Crippen molar-refractivity contribution < 1.29 is 14.7 Å². The maximum Gasteiger partial charge on any atom is 0.310 e. The van der Waals surface area contributed by atoms with Gasteiger partial charge in [-0.05, 0) is 0 Å². The Morgan fingerprint density at radius 3 is 2.50 bits per heavy atom. The van der Waals surface area contributed by atoms with Gasteiger partial charge in [-0.2, -0.15) is 0 Å². The summed E-state index contributed by atoms with van der Waals surface area (Å²) in [6, 6.07) is 0.274. The lowest BCUT2D eigenvalue weighted by Crippen LogP contribution is -2.55. The topological polar surface area (TPSA) is 69.6 Å². The number of carboxylic acid groups (broad SMARTS) is 1. The normalized spacial score (nSPS) is 16.9. The van der Waals surface area contributed by atoms with Gasteiger partial charge in [-0.15, -0.1) is 0 Å². The molecule has 2 N–H and O–H groups in total. The van der Waals surface area contributed by atoms with Crippen LogP contribution in [0.1, 0.15) is 13.8 Å². The molecular weight excluding hydrogens is 184 g/mol. The molecule has 0 aromatic heterocycles. The average molecular weight is 200 g/mol. The first-order chi connectivity index (χ1) is 6.50. The Bertz CT molecular complexity index is 234. The zero-order valence-electron chi connectivity index (χ0n) is 8.49. The number of carbonyl (C=O) groups is 2. The van der Waals surface area contributed by atoms with E-state index in [1.807, 2.05) is 13.8 Å². The molecule has 80 valence electrons. The van der Waals surface area contributed by atoms with Crippen molar-refractivity contribution in [3.63, 3.8) is 0 Å². The summed E-state index contributed by atoms with van der Waals surface area (Å²) >= 11 is 0. The standard InChI is InChI=1S/C9H16N2O3/c1-6(2)10-3-8(12)11-4-7(5-11)9(13)14/h6-7,10H,3-5H2,1-2H3,(H,13,14). The van der Waals surface area contributed by atoms with Crippen LogP contribution in [0.4, 0.5) is 0 Å². The number of likely N-dealkylation sites (tertiary alicyclic amines) is 1. The summed E-state index contributed by atoms with van der Waals surface area (Å²) in [6.07, 6.45) is 0. The maximum absolute atomic E-state index is 11.4. The number of hydrogen-bond donors (Lipinski definition) is 2. The smallest absolute Gasteiger partial charge is 0.310 e. The second kappa shape index (κ2) is 4.41. The third kappa shape index (κ3) is 2.70. The highest BCUT2D eigenvalue weighted by atomic mass is 16.4. The van der Waals surface area contributed by atoms with Crippen LogP contribution in [-0.2, 0) is 9.59 Å². The van der Waals surface area contributed by atoms with Gasteiger partial charge < -0.3 is 15.3 Å². The number of carboxylic acids is 1. The molecule has 0 aromatic rings. The Balaban J connectivity index is 2.19. The van der Waals surface area contributed by atoms with Crippen molar-refractivity contribution in [2.75, 3.05) is 19.6 Å². The lowest BCUT2D eigenvalue weighted by atomic mass is 10.0. The molecule has 0 saturated carbocycles. The minimum absolute atomic E-state index is 0.0174.